The molecule has 47 heavy (non-hydrogen) atoms. The second-order valence-corrected chi connectivity index (χ2v) is 11.3. The Morgan fingerprint density at radius 2 is 1.11 bits per heavy atom. The molecule has 1 aliphatic carbocycles. The molecule has 20 heteroatoms. The first-order valence-corrected chi connectivity index (χ1v) is 14.5. The molecule has 0 aromatic carbocycles. The van der Waals surface area contributed by atoms with Crippen LogP contribution in [-0.4, -0.2) is 65.7 Å². The van der Waals surface area contributed by atoms with E-state index in [4.69, 9.17) is 4.84 Å². The number of nitrogens with one attached hydrogen (secondary N) is 1. The van der Waals surface area contributed by atoms with Crippen LogP contribution in [0.2, 0.25) is 0 Å². The zero-order valence-electron chi connectivity index (χ0n) is 25.7. The van der Waals surface area contributed by atoms with Gasteiger partial charge in [0.1, 0.15) is 5.78 Å². The predicted molar refractivity (Wildman–Crippen MR) is 135 cm³/mol. The standard InChI is InChI=1S/C17H18F16O.C10H19NO2/c1-3-8(2)9(34)6-4-5-7-11(20,21)13(24,25)15(28,29)17(32,33)16(30,31)14(26,27)12(22,23)10(18)19;1-3-8(2)10(12)13-11-9-6-4-5-7-9/h8,10H,3-7H2,1-2H3;8-9,11H,3-7H2,1-2H3. The van der Waals surface area contributed by atoms with E-state index in [9.17, 15) is 79.8 Å². The molecule has 1 aliphatic rings. The van der Waals surface area contributed by atoms with Crippen LogP contribution in [0.25, 0.3) is 0 Å². The molecule has 4 nitrogen and oxygen atoms in total. The van der Waals surface area contributed by atoms with Gasteiger partial charge in [-0.05, 0) is 38.5 Å². The quantitative estimate of drug-likeness (QED) is 0.0868. The fourth-order valence-electron chi connectivity index (χ4n) is 3.90. The average molecular weight is 728 g/mol. The van der Waals surface area contributed by atoms with Gasteiger partial charge in [-0.1, -0.05) is 40.5 Å². The minimum absolute atomic E-state index is 0.00824. The number of unbranched alkanes of at least 4 members (excludes halogenated alkanes) is 1. The van der Waals surface area contributed by atoms with E-state index in [1.165, 1.54) is 26.7 Å². The Bertz CT molecular complexity index is 1000. The third kappa shape index (κ3) is 9.57. The Kier molecular flexibility index (Phi) is 15.9. The molecule has 0 aliphatic heterocycles. The van der Waals surface area contributed by atoms with E-state index in [1.807, 2.05) is 13.8 Å². The van der Waals surface area contributed by atoms with Gasteiger partial charge in [-0.25, -0.2) is 8.78 Å². The smallest absolute Gasteiger partial charge is 0.370 e. The largest absolute Gasteiger partial charge is 0.384 e. The summed E-state index contributed by atoms with van der Waals surface area (Å²) in [4.78, 5) is 27.7. The lowest BCUT2D eigenvalue weighted by Crippen LogP contribution is -2.73. The summed E-state index contributed by atoms with van der Waals surface area (Å²) in [5, 5.41) is 0. The third-order valence-corrected chi connectivity index (χ3v) is 7.75. The summed E-state index contributed by atoms with van der Waals surface area (Å²) in [6.07, 6.45) is -4.88. The second kappa shape index (κ2) is 16.6. The molecule has 0 spiro atoms. The van der Waals surface area contributed by atoms with Crippen molar-refractivity contribution in [3.63, 3.8) is 0 Å². The fraction of sp³-hybridized carbons (Fsp3) is 0.926. The number of Topliss-reactive ketones (excluding diaryl/α,β-unsaturated/α-hetero) is 1. The lowest BCUT2D eigenvalue weighted by molar-refractivity contribution is -0.447. The van der Waals surface area contributed by atoms with Gasteiger partial charge in [0.15, 0.2) is 0 Å². The van der Waals surface area contributed by atoms with Crippen molar-refractivity contribution in [2.75, 3.05) is 0 Å². The number of carbonyl (C=O) groups excluding carboxylic acids is 2. The lowest BCUT2D eigenvalue weighted by atomic mass is 9.88. The van der Waals surface area contributed by atoms with E-state index >= 15 is 0 Å². The monoisotopic (exact) mass is 727 g/mol. The molecule has 1 rings (SSSR count). The number of ketones is 1. The van der Waals surface area contributed by atoms with Gasteiger partial charge in [0.25, 0.3) is 0 Å². The van der Waals surface area contributed by atoms with E-state index in [2.05, 4.69) is 5.48 Å². The summed E-state index contributed by atoms with van der Waals surface area (Å²) in [6.45, 7) is 6.80. The first-order valence-electron chi connectivity index (χ1n) is 14.5. The first kappa shape index (κ1) is 45.0. The topological polar surface area (TPSA) is 55.4 Å². The normalized spacial score (nSPS) is 17.3. The van der Waals surface area contributed by atoms with Crippen LogP contribution in [0.1, 0.15) is 91.9 Å². The van der Waals surface area contributed by atoms with Gasteiger partial charge in [0.2, 0.25) is 0 Å². The molecule has 0 bridgehead atoms. The predicted octanol–water partition coefficient (Wildman–Crippen LogP) is 9.90. The highest BCUT2D eigenvalue weighted by Crippen LogP contribution is 2.63. The third-order valence-electron chi connectivity index (χ3n) is 7.75. The van der Waals surface area contributed by atoms with Gasteiger partial charge >= 0.3 is 53.9 Å². The Morgan fingerprint density at radius 1 is 0.681 bits per heavy atom. The van der Waals surface area contributed by atoms with Gasteiger partial charge in [0, 0.05) is 24.8 Å². The zero-order valence-corrected chi connectivity index (χ0v) is 25.7. The van der Waals surface area contributed by atoms with Crippen molar-refractivity contribution in [3.05, 3.63) is 0 Å². The molecule has 0 saturated heterocycles. The molecule has 0 aromatic rings. The van der Waals surface area contributed by atoms with Crippen molar-refractivity contribution < 1.29 is 84.7 Å². The van der Waals surface area contributed by atoms with Gasteiger partial charge in [-0.15, -0.1) is 0 Å². The molecule has 1 N–H and O–H groups in total. The van der Waals surface area contributed by atoms with Crippen LogP contribution in [0.4, 0.5) is 70.2 Å². The second-order valence-electron chi connectivity index (χ2n) is 11.3. The van der Waals surface area contributed by atoms with Gasteiger partial charge in [-0.2, -0.15) is 66.9 Å². The lowest BCUT2D eigenvalue weighted by Gasteiger charge is -2.42. The molecule has 1 fully saturated rings. The maximum Gasteiger partial charge on any atom is 0.384 e. The van der Waals surface area contributed by atoms with E-state index in [0.29, 0.717) is 6.04 Å². The number of carbonyl (C=O) groups is 2. The SMILES string of the molecule is CCC(C)C(=O)CCCCC(F)(F)C(F)(F)C(F)(F)C(F)(F)C(F)(F)C(F)(F)C(F)(F)C(F)F.CCC(C)C(=O)ONC1CCCC1. The number of hydroxylamine groups is 1. The number of rotatable bonds is 18. The van der Waals surface area contributed by atoms with Crippen molar-refractivity contribution in [1.82, 2.24) is 5.48 Å². The molecule has 280 valence electrons. The summed E-state index contributed by atoms with van der Waals surface area (Å²) in [5.74, 6) is -55.6. The molecular weight excluding hydrogens is 690 g/mol. The molecule has 0 aromatic heterocycles. The minimum atomic E-state index is -8.37. The van der Waals surface area contributed by atoms with E-state index < -0.39 is 85.3 Å². The number of halogens is 16. The summed E-state index contributed by atoms with van der Waals surface area (Å²) in [7, 11) is 0. The molecule has 2 unspecified atom stereocenters. The van der Waals surface area contributed by atoms with Gasteiger partial charge < -0.3 is 4.84 Å². The molecule has 1 saturated carbocycles. The maximum absolute atomic E-state index is 13.7. The van der Waals surface area contributed by atoms with Crippen molar-refractivity contribution in [2.24, 2.45) is 11.8 Å². The summed E-state index contributed by atoms with van der Waals surface area (Å²) in [5.41, 5.74) is 2.85. The highest BCUT2D eigenvalue weighted by atomic mass is 19.4. The van der Waals surface area contributed by atoms with E-state index in [0.717, 1.165) is 19.3 Å². The Morgan fingerprint density at radius 3 is 1.53 bits per heavy atom. The first-order chi connectivity index (χ1) is 21.0. The van der Waals surface area contributed by atoms with Crippen LogP contribution in [-0.2, 0) is 14.4 Å². The van der Waals surface area contributed by atoms with Crippen LogP contribution in [0.5, 0.6) is 0 Å². The minimum Gasteiger partial charge on any atom is -0.370 e. The molecule has 2 atom stereocenters. The van der Waals surface area contributed by atoms with Crippen molar-refractivity contribution >= 4 is 11.8 Å². The highest BCUT2D eigenvalue weighted by molar-refractivity contribution is 5.80. The molecule has 0 amide bonds. The summed E-state index contributed by atoms with van der Waals surface area (Å²) in [6, 6.07) is 0.396. The maximum atomic E-state index is 13.7. The molecule has 0 radical (unpaired) electrons. The Labute approximate surface area is 260 Å². The number of hydrogen-bond acceptors (Lipinski definition) is 4. The van der Waals surface area contributed by atoms with E-state index in [1.54, 1.807) is 0 Å². The number of alkyl halides is 16. The fourth-order valence-corrected chi connectivity index (χ4v) is 3.90. The van der Waals surface area contributed by atoms with Crippen molar-refractivity contribution in [1.29, 1.82) is 0 Å². The summed E-state index contributed by atoms with van der Waals surface area (Å²) < 4.78 is 211. The average Bonchev–Trinajstić information content (AvgIpc) is 3.50. The number of hydrogen-bond donors (Lipinski definition) is 1. The molecule has 0 heterocycles. The van der Waals surface area contributed by atoms with Crippen molar-refractivity contribution in [2.45, 2.75) is 146 Å². The van der Waals surface area contributed by atoms with Crippen LogP contribution in [0.15, 0.2) is 0 Å². The van der Waals surface area contributed by atoms with Crippen LogP contribution in [0, 0.1) is 11.8 Å². The Balaban J connectivity index is 0.00000134. The zero-order chi connectivity index (χ0) is 37.4. The highest BCUT2D eigenvalue weighted by Gasteiger charge is 2.93. The van der Waals surface area contributed by atoms with Crippen LogP contribution >= 0.6 is 0 Å². The van der Waals surface area contributed by atoms with Crippen molar-refractivity contribution in [3.8, 4) is 0 Å². The summed E-state index contributed by atoms with van der Waals surface area (Å²) >= 11 is 0. The Hall–Kier alpha value is -2.02. The van der Waals surface area contributed by atoms with Crippen LogP contribution < -0.4 is 5.48 Å². The van der Waals surface area contributed by atoms with Gasteiger partial charge in [0.05, 0.1) is 5.92 Å². The van der Waals surface area contributed by atoms with E-state index in [-0.39, 0.29) is 18.3 Å². The van der Waals surface area contributed by atoms with Gasteiger partial charge in [-0.3, -0.25) is 9.59 Å². The molecular formula is C27H37F16NO3. The van der Waals surface area contributed by atoms with Crippen LogP contribution in [0.3, 0.4) is 0 Å².